The summed E-state index contributed by atoms with van der Waals surface area (Å²) in [6, 6.07) is 16.6. The van der Waals surface area contributed by atoms with Gasteiger partial charge in [-0.3, -0.25) is 4.90 Å². The molecule has 3 nitrogen and oxygen atoms in total. The summed E-state index contributed by atoms with van der Waals surface area (Å²) in [4.78, 5) is 2.47. The van der Waals surface area contributed by atoms with Crippen molar-refractivity contribution in [3.63, 3.8) is 0 Å². The van der Waals surface area contributed by atoms with Gasteiger partial charge in [0.2, 0.25) is 0 Å². The molecular weight excluding hydrogens is 272 g/mol. The molecule has 0 spiro atoms. The van der Waals surface area contributed by atoms with Crippen molar-refractivity contribution >= 4 is 0 Å². The van der Waals surface area contributed by atoms with Crippen molar-refractivity contribution in [3.05, 3.63) is 59.7 Å². The zero-order valence-corrected chi connectivity index (χ0v) is 13.3. The molecule has 0 saturated carbocycles. The average molecular weight is 296 g/mol. The highest BCUT2D eigenvalue weighted by atomic mass is 16.5. The lowest BCUT2D eigenvalue weighted by atomic mass is 10.0. The lowest BCUT2D eigenvalue weighted by Gasteiger charge is -2.25. The van der Waals surface area contributed by atoms with E-state index in [1.54, 1.807) is 0 Å². The van der Waals surface area contributed by atoms with Crippen molar-refractivity contribution in [2.45, 2.75) is 26.4 Å². The van der Waals surface area contributed by atoms with Crippen LogP contribution in [0.2, 0.25) is 0 Å². The Hall–Kier alpha value is -1.84. The molecule has 1 aliphatic heterocycles. The predicted molar refractivity (Wildman–Crippen MR) is 90.0 cm³/mol. The Labute approximate surface area is 132 Å². The number of hydrogen-bond acceptors (Lipinski definition) is 3. The van der Waals surface area contributed by atoms with Crippen molar-refractivity contribution in [2.24, 2.45) is 11.7 Å². The zero-order valence-electron chi connectivity index (χ0n) is 13.3. The molecule has 2 aromatic rings. The number of rotatable bonds is 5. The van der Waals surface area contributed by atoms with E-state index in [2.05, 4.69) is 36.9 Å². The highest BCUT2D eigenvalue weighted by Crippen LogP contribution is 2.36. The number of ether oxygens (including phenoxy) is 1. The van der Waals surface area contributed by atoms with E-state index in [0.29, 0.717) is 18.5 Å². The van der Waals surface area contributed by atoms with Crippen molar-refractivity contribution < 1.29 is 4.74 Å². The van der Waals surface area contributed by atoms with Crippen molar-refractivity contribution in [3.8, 4) is 11.5 Å². The lowest BCUT2D eigenvalue weighted by Crippen LogP contribution is -2.30. The van der Waals surface area contributed by atoms with E-state index in [0.717, 1.165) is 24.6 Å². The molecule has 0 aliphatic carbocycles. The number of nitrogens with zero attached hydrogens (tertiary/aromatic N) is 1. The van der Waals surface area contributed by atoms with Gasteiger partial charge in [-0.2, -0.15) is 0 Å². The quantitative estimate of drug-likeness (QED) is 0.908. The van der Waals surface area contributed by atoms with Gasteiger partial charge in [0.1, 0.15) is 11.5 Å². The summed E-state index contributed by atoms with van der Waals surface area (Å²) in [6.07, 6.45) is 0. The van der Waals surface area contributed by atoms with Crippen LogP contribution in [0.1, 0.15) is 31.0 Å². The van der Waals surface area contributed by atoms with E-state index in [1.807, 2.05) is 30.3 Å². The van der Waals surface area contributed by atoms with Gasteiger partial charge in [-0.1, -0.05) is 38.1 Å². The van der Waals surface area contributed by atoms with Gasteiger partial charge in [0.25, 0.3) is 0 Å². The maximum Gasteiger partial charge on any atom is 0.127 e. The van der Waals surface area contributed by atoms with Gasteiger partial charge in [0.15, 0.2) is 0 Å². The first-order valence-electron chi connectivity index (χ1n) is 7.97. The molecule has 1 unspecified atom stereocenters. The Morgan fingerprint density at radius 1 is 1.14 bits per heavy atom. The van der Waals surface area contributed by atoms with Crippen LogP contribution in [0.15, 0.2) is 48.5 Å². The normalized spacial score (nSPS) is 17.7. The summed E-state index contributed by atoms with van der Waals surface area (Å²) >= 11 is 0. The Morgan fingerprint density at radius 2 is 1.91 bits per heavy atom. The van der Waals surface area contributed by atoms with E-state index < -0.39 is 0 Å². The average Bonchev–Trinajstić information content (AvgIpc) is 2.84. The first kappa shape index (κ1) is 15.1. The molecule has 0 bridgehead atoms. The molecule has 1 atom stereocenters. The Kier molecular flexibility index (Phi) is 4.46. The number of nitrogens with two attached hydrogens (primary N) is 1. The summed E-state index contributed by atoms with van der Waals surface area (Å²) in [5.74, 6) is 2.39. The topological polar surface area (TPSA) is 38.5 Å². The third kappa shape index (κ3) is 3.16. The standard InChI is InChI=1S/C19H24N2O/c1-14(2)12-21-13-15-8-9-17(10-18(15)19(21)11-20)22-16-6-4-3-5-7-16/h3-10,14,19H,11-13,20H2,1-2H3. The van der Waals surface area contributed by atoms with Gasteiger partial charge in [-0.15, -0.1) is 0 Å². The lowest BCUT2D eigenvalue weighted by molar-refractivity contribution is 0.195. The van der Waals surface area contributed by atoms with Crippen LogP contribution in [0.5, 0.6) is 11.5 Å². The van der Waals surface area contributed by atoms with Crippen molar-refractivity contribution in [1.29, 1.82) is 0 Å². The molecule has 3 heteroatoms. The Morgan fingerprint density at radius 3 is 2.59 bits per heavy atom. The number of benzene rings is 2. The third-order valence-corrected chi connectivity index (χ3v) is 4.09. The van der Waals surface area contributed by atoms with Crippen LogP contribution in [0.4, 0.5) is 0 Å². The van der Waals surface area contributed by atoms with Crippen LogP contribution >= 0.6 is 0 Å². The minimum absolute atomic E-state index is 0.303. The van der Waals surface area contributed by atoms with Crippen LogP contribution in [-0.4, -0.2) is 18.0 Å². The minimum Gasteiger partial charge on any atom is -0.457 e. The van der Waals surface area contributed by atoms with Crippen LogP contribution in [0, 0.1) is 5.92 Å². The van der Waals surface area contributed by atoms with Gasteiger partial charge >= 0.3 is 0 Å². The smallest absolute Gasteiger partial charge is 0.127 e. The zero-order chi connectivity index (χ0) is 15.5. The van der Waals surface area contributed by atoms with Crippen LogP contribution < -0.4 is 10.5 Å². The fourth-order valence-electron chi connectivity index (χ4n) is 3.18. The summed E-state index contributed by atoms with van der Waals surface area (Å²) in [5, 5.41) is 0. The molecule has 22 heavy (non-hydrogen) atoms. The molecule has 1 aliphatic rings. The van der Waals surface area contributed by atoms with Gasteiger partial charge in [-0.25, -0.2) is 0 Å². The molecule has 2 aromatic carbocycles. The first-order chi connectivity index (χ1) is 10.7. The molecule has 0 saturated heterocycles. The fraction of sp³-hybridized carbons (Fsp3) is 0.368. The summed E-state index contributed by atoms with van der Waals surface area (Å²) < 4.78 is 5.95. The molecule has 2 N–H and O–H groups in total. The van der Waals surface area contributed by atoms with E-state index in [9.17, 15) is 0 Å². The van der Waals surface area contributed by atoms with E-state index >= 15 is 0 Å². The molecule has 0 aromatic heterocycles. The van der Waals surface area contributed by atoms with E-state index in [1.165, 1.54) is 11.1 Å². The second-order valence-corrected chi connectivity index (χ2v) is 6.35. The fourth-order valence-corrected chi connectivity index (χ4v) is 3.18. The van der Waals surface area contributed by atoms with Crippen molar-refractivity contribution in [2.75, 3.05) is 13.1 Å². The van der Waals surface area contributed by atoms with E-state index in [4.69, 9.17) is 10.5 Å². The second kappa shape index (κ2) is 6.51. The van der Waals surface area contributed by atoms with Gasteiger partial charge in [-0.05, 0) is 41.3 Å². The first-order valence-corrected chi connectivity index (χ1v) is 7.97. The van der Waals surface area contributed by atoms with E-state index in [-0.39, 0.29) is 0 Å². The second-order valence-electron chi connectivity index (χ2n) is 6.35. The molecule has 116 valence electrons. The molecule has 1 heterocycles. The van der Waals surface area contributed by atoms with Crippen LogP contribution in [0.3, 0.4) is 0 Å². The number of para-hydroxylation sites is 1. The van der Waals surface area contributed by atoms with Gasteiger partial charge in [0.05, 0.1) is 0 Å². The monoisotopic (exact) mass is 296 g/mol. The molecule has 0 radical (unpaired) electrons. The van der Waals surface area contributed by atoms with Crippen LogP contribution in [-0.2, 0) is 6.54 Å². The Bertz CT molecular complexity index is 625. The molecule has 0 fully saturated rings. The number of hydrogen-bond donors (Lipinski definition) is 1. The largest absolute Gasteiger partial charge is 0.457 e. The van der Waals surface area contributed by atoms with Crippen molar-refractivity contribution in [1.82, 2.24) is 4.90 Å². The van der Waals surface area contributed by atoms with Crippen LogP contribution in [0.25, 0.3) is 0 Å². The molecular formula is C19H24N2O. The van der Waals surface area contributed by atoms with Gasteiger partial charge < -0.3 is 10.5 Å². The minimum atomic E-state index is 0.303. The molecule has 3 rings (SSSR count). The molecule has 0 amide bonds. The predicted octanol–water partition coefficient (Wildman–Crippen LogP) is 3.95. The SMILES string of the molecule is CC(C)CN1Cc2ccc(Oc3ccccc3)cc2C1CN. The number of fused-ring (bicyclic) bond motifs is 1. The maximum absolute atomic E-state index is 6.03. The summed E-state index contributed by atoms with van der Waals surface area (Å²) in [6.45, 7) is 7.21. The summed E-state index contributed by atoms with van der Waals surface area (Å²) in [7, 11) is 0. The summed E-state index contributed by atoms with van der Waals surface area (Å²) in [5.41, 5.74) is 8.72. The Balaban J connectivity index is 1.82. The van der Waals surface area contributed by atoms with Gasteiger partial charge in [0, 0.05) is 25.7 Å². The maximum atomic E-state index is 6.03. The third-order valence-electron chi connectivity index (χ3n) is 4.09. The highest BCUT2D eigenvalue weighted by Gasteiger charge is 2.29. The highest BCUT2D eigenvalue weighted by molar-refractivity contribution is 5.42.